The van der Waals surface area contributed by atoms with Gasteiger partial charge in [-0.15, -0.1) is 12.4 Å². The fraction of sp³-hybridized carbons (Fsp3) is 0.143. The van der Waals surface area contributed by atoms with Crippen LogP contribution in [0, 0.1) is 21.7 Å². The molecule has 11 heteroatoms. The number of nitrogens with two attached hydrogens (primary N) is 1. The summed E-state index contributed by atoms with van der Waals surface area (Å²) in [4.78, 5) is 9.70. The Hall–Kier alpha value is -2.14. The number of non-ortho nitro benzene ring substituents is 1. The molecule has 1 unspecified atom stereocenters. The highest BCUT2D eigenvalue weighted by atomic mass is 35.5. The monoisotopic (exact) mass is 393 g/mol. The van der Waals surface area contributed by atoms with Crippen molar-refractivity contribution < 1.29 is 22.1 Å². The predicted molar refractivity (Wildman–Crippen MR) is 88.8 cm³/mol. The highest BCUT2D eigenvalue weighted by molar-refractivity contribution is 7.89. The lowest BCUT2D eigenvalue weighted by Crippen LogP contribution is -2.32. The number of sulfonamides is 1. The van der Waals surface area contributed by atoms with Gasteiger partial charge >= 0.3 is 0 Å². The van der Waals surface area contributed by atoms with Crippen molar-refractivity contribution in [1.29, 1.82) is 0 Å². The molecular weight excluding hydrogens is 380 g/mol. The molecule has 136 valence electrons. The number of nitro benzene ring substituents is 1. The molecule has 0 spiro atoms. The number of rotatable bonds is 6. The average molecular weight is 394 g/mol. The van der Waals surface area contributed by atoms with E-state index in [-0.39, 0.29) is 35.1 Å². The van der Waals surface area contributed by atoms with E-state index in [2.05, 4.69) is 4.72 Å². The Morgan fingerprint density at radius 2 is 1.76 bits per heavy atom. The Morgan fingerprint density at radius 3 is 2.28 bits per heavy atom. The van der Waals surface area contributed by atoms with E-state index in [1.807, 2.05) is 0 Å². The summed E-state index contributed by atoms with van der Waals surface area (Å²) in [6.07, 6.45) is 0. The molecule has 0 bridgehead atoms. The van der Waals surface area contributed by atoms with Crippen molar-refractivity contribution >= 4 is 28.1 Å². The first-order chi connectivity index (χ1) is 11.2. The topological polar surface area (TPSA) is 115 Å². The fourth-order valence-corrected chi connectivity index (χ4v) is 3.00. The Kier molecular flexibility index (Phi) is 6.94. The van der Waals surface area contributed by atoms with Gasteiger partial charge in [0.15, 0.2) is 0 Å². The Morgan fingerprint density at radius 1 is 1.16 bits per heavy atom. The third-order valence-electron chi connectivity index (χ3n) is 3.21. The van der Waals surface area contributed by atoms with E-state index >= 15 is 0 Å². The van der Waals surface area contributed by atoms with E-state index in [0.29, 0.717) is 6.07 Å². The van der Waals surface area contributed by atoms with Crippen LogP contribution in [0.1, 0.15) is 11.6 Å². The molecule has 0 amide bonds. The molecule has 2 aromatic rings. The summed E-state index contributed by atoms with van der Waals surface area (Å²) in [6.45, 7) is -0.331. The molecule has 2 aromatic carbocycles. The third kappa shape index (κ3) is 5.16. The summed E-state index contributed by atoms with van der Waals surface area (Å²) in [5.41, 5.74) is 5.43. The molecule has 0 aliphatic heterocycles. The first-order valence-corrected chi connectivity index (χ1v) is 8.13. The number of hydrogen-bond acceptors (Lipinski definition) is 5. The summed E-state index contributed by atoms with van der Waals surface area (Å²) in [5, 5.41) is 10.6. The van der Waals surface area contributed by atoms with E-state index in [1.54, 1.807) is 0 Å². The van der Waals surface area contributed by atoms with Crippen molar-refractivity contribution in [1.82, 2.24) is 4.72 Å². The van der Waals surface area contributed by atoms with Gasteiger partial charge in [0.25, 0.3) is 5.69 Å². The van der Waals surface area contributed by atoms with Gasteiger partial charge in [-0.3, -0.25) is 10.1 Å². The van der Waals surface area contributed by atoms with Gasteiger partial charge in [0.2, 0.25) is 10.0 Å². The van der Waals surface area contributed by atoms with E-state index < -0.39 is 32.6 Å². The number of nitro groups is 1. The Bertz CT molecular complexity index is 863. The normalized spacial score (nSPS) is 12.3. The standard InChI is InChI=1S/C14H13F2N3O4S.ClH/c15-9-1-6-12(13(16)7-9)14(17)8-18-24(22,23)11-4-2-10(3-5-11)19(20)21;/h1-7,14,18H,8,17H2;1H. The first-order valence-electron chi connectivity index (χ1n) is 6.65. The zero-order valence-electron chi connectivity index (χ0n) is 12.6. The van der Waals surface area contributed by atoms with Crippen LogP contribution in [0.5, 0.6) is 0 Å². The second-order valence-corrected chi connectivity index (χ2v) is 6.64. The van der Waals surface area contributed by atoms with Crippen LogP contribution in [-0.4, -0.2) is 19.9 Å². The number of hydrogen-bond donors (Lipinski definition) is 2. The molecule has 25 heavy (non-hydrogen) atoms. The van der Waals surface area contributed by atoms with Crippen LogP contribution >= 0.6 is 12.4 Å². The van der Waals surface area contributed by atoms with Gasteiger partial charge in [-0.05, 0) is 18.2 Å². The molecule has 0 saturated heterocycles. The van der Waals surface area contributed by atoms with Crippen LogP contribution in [-0.2, 0) is 10.0 Å². The van der Waals surface area contributed by atoms with Gasteiger partial charge in [-0.1, -0.05) is 6.07 Å². The molecule has 1 atom stereocenters. The molecule has 0 radical (unpaired) electrons. The molecule has 0 aliphatic rings. The van der Waals surface area contributed by atoms with Crippen molar-refractivity contribution in [2.45, 2.75) is 10.9 Å². The van der Waals surface area contributed by atoms with Crippen molar-refractivity contribution in [3.05, 3.63) is 69.8 Å². The van der Waals surface area contributed by atoms with E-state index in [4.69, 9.17) is 5.73 Å². The van der Waals surface area contributed by atoms with Crippen LogP contribution in [0.3, 0.4) is 0 Å². The van der Waals surface area contributed by atoms with Crippen LogP contribution < -0.4 is 10.5 Å². The third-order valence-corrected chi connectivity index (χ3v) is 4.65. The van der Waals surface area contributed by atoms with Gasteiger partial charge in [0.1, 0.15) is 11.6 Å². The quantitative estimate of drug-likeness (QED) is 0.577. The zero-order chi connectivity index (χ0) is 17.9. The van der Waals surface area contributed by atoms with Crippen LogP contribution in [0.25, 0.3) is 0 Å². The van der Waals surface area contributed by atoms with Gasteiger partial charge < -0.3 is 5.73 Å². The van der Waals surface area contributed by atoms with E-state index in [0.717, 1.165) is 36.4 Å². The summed E-state index contributed by atoms with van der Waals surface area (Å²) in [5.74, 6) is -1.65. The molecule has 0 fully saturated rings. The minimum absolute atomic E-state index is 0. The van der Waals surface area contributed by atoms with Crippen molar-refractivity contribution in [3.63, 3.8) is 0 Å². The maximum Gasteiger partial charge on any atom is 0.269 e. The van der Waals surface area contributed by atoms with E-state index in [1.165, 1.54) is 0 Å². The molecular formula is C14H14ClF2N3O4S. The smallest absolute Gasteiger partial charge is 0.269 e. The number of nitrogens with zero attached hydrogens (tertiary/aromatic N) is 1. The highest BCUT2D eigenvalue weighted by Crippen LogP contribution is 2.18. The molecule has 0 aliphatic carbocycles. The lowest BCUT2D eigenvalue weighted by atomic mass is 10.1. The maximum absolute atomic E-state index is 13.6. The van der Waals surface area contributed by atoms with Crippen molar-refractivity contribution in [2.24, 2.45) is 5.73 Å². The van der Waals surface area contributed by atoms with Gasteiger partial charge in [-0.2, -0.15) is 0 Å². The number of benzene rings is 2. The average Bonchev–Trinajstić information content (AvgIpc) is 2.53. The van der Waals surface area contributed by atoms with Crippen LogP contribution in [0.15, 0.2) is 47.4 Å². The lowest BCUT2D eigenvalue weighted by Gasteiger charge is -2.14. The summed E-state index contributed by atoms with van der Waals surface area (Å²) in [7, 11) is -3.98. The second kappa shape index (κ2) is 8.30. The molecule has 2 rings (SSSR count). The predicted octanol–water partition coefficient (Wildman–Crippen LogP) is 2.27. The van der Waals surface area contributed by atoms with E-state index in [9.17, 15) is 27.3 Å². The van der Waals surface area contributed by atoms with Crippen molar-refractivity contribution in [3.8, 4) is 0 Å². The highest BCUT2D eigenvalue weighted by Gasteiger charge is 2.19. The molecule has 0 aromatic heterocycles. The minimum atomic E-state index is -3.98. The lowest BCUT2D eigenvalue weighted by molar-refractivity contribution is -0.384. The maximum atomic E-state index is 13.6. The minimum Gasteiger partial charge on any atom is -0.323 e. The van der Waals surface area contributed by atoms with Crippen LogP contribution in [0.2, 0.25) is 0 Å². The Labute approximate surface area is 148 Å². The first kappa shape index (κ1) is 20.9. The molecule has 7 nitrogen and oxygen atoms in total. The summed E-state index contributed by atoms with van der Waals surface area (Å²) < 4.78 is 52.8. The number of nitrogens with one attached hydrogen (secondary N) is 1. The second-order valence-electron chi connectivity index (χ2n) is 4.88. The molecule has 3 N–H and O–H groups in total. The number of halogens is 3. The summed E-state index contributed by atoms with van der Waals surface area (Å²) in [6, 6.07) is 6.02. The van der Waals surface area contributed by atoms with Gasteiger partial charge in [-0.25, -0.2) is 21.9 Å². The van der Waals surface area contributed by atoms with Crippen molar-refractivity contribution in [2.75, 3.05) is 6.54 Å². The van der Waals surface area contributed by atoms with Gasteiger partial charge in [0, 0.05) is 36.3 Å². The Balaban J connectivity index is 0.00000312. The fourth-order valence-electron chi connectivity index (χ4n) is 1.94. The van der Waals surface area contributed by atoms with Gasteiger partial charge in [0.05, 0.1) is 9.82 Å². The SMILES string of the molecule is Cl.NC(CNS(=O)(=O)c1ccc([N+](=O)[O-])cc1)c1ccc(F)cc1F. The van der Waals surface area contributed by atoms with Crippen LogP contribution in [0.4, 0.5) is 14.5 Å². The summed E-state index contributed by atoms with van der Waals surface area (Å²) >= 11 is 0. The molecule has 0 heterocycles. The largest absolute Gasteiger partial charge is 0.323 e. The molecule has 0 saturated carbocycles. The zero-order valence-corrected chi connectivity index (χ0v) is 14.2.